The summed E-state index contributed by atoms with van der Waals surface area (Å²) in [5.41, 5.74) is 1.11. The summed E-state index contributed by atoms with van der Waals surface area (Å²) in [5.74, 6) is -0.770. The predicted molar refractivity (Wildman–Crippen MR) is 167 cm³/mol. The maximum atomic E-state index is 12.6. The van der Waals surface area contributed by atoms with Crippen molar-refractivity contribution < 1.29 is 19.4 Å². The minimum atomic E-state index is -0.953. The van der Waals surface area contributed by atoms with Crippen molar-refractivity contribution in [2.75, 3.05) is 47.9 Å². The van der Waals surface area contributed by atoms with Crippen LogP contribution in [0.5, 0.6) is 0 Å². The van der Waals surface area contributed by atoms with Crippen LogP contribution >= 0.6 is 0 Å². The molecule has 0 bridgehead atoms. The van der Waals surface area contributed by atoms with E-state index < -0.39 is 18.1 Å². The third-order valence-electron chi connectivity index (χ3n) is 6.67. The zero-order chi connectivity index (χ0) is 32.0. The Bertz CT molecular complexity index is 1230. The maximum absolute atomic E-state index is 12.6. The summed E-state index contributed by atoms with van der Waals surface area (Å²) < 4.78 is 8.03. The fourth-order valence-electron chi connectivity index (χ4n) is 4.46. The van der Waals surface area contributed by atoms with Gasteiger partial charge in [-0.15, -0.1) is 0 Å². The third-order valence-corrected chi connectivity index (χ3v) is 6.67. The highest BCUT2D eigenvalue weighted by Gasteiger charge is 2.25. The number of rotatable bonds is 15. The molecule has 2 heterocycles. The van der Waals surface area contributed by atoms with E-state index in [1.807, 2.05) is 77.8 Å². The molecule has 0 aromatic carbocycles. The molecule has 10 nitrogen and oxygen atoms in total. The molecule has 0 spiro atoms. The van der Waals surface area contributed by atoms with Crippen LogP contribution in [0.4, 0.5) is 0 Å². The van der Waals surface area contributed by atoms with Crippen molar-refractivity contribution >= 4 is 11.9 Å². The van der Waals surface area contributed by atoms with Gasteiger partial charge >= 0.3 is 11.9 Å². The average molecular weight is 589 g/mol. The summed E-state index contributed by atoms with van der Waals surface area (Å²) in [6.07, 6.45) is 5.60. The summed E-state index contributed by atoms with van der Waals surface area (Å²) in [7, 11) is 7.84. The molecule has 42 heavy (non-hydrogen) atoms. The first-order chi connectivity index (χ1) is 19.7. The van der Waals surface area contributed by atoms with Crippen LogP contribution in [0, 0.1) is 11.8 Å². The number of esters is 1. The van der Waals surface area contributed by atoms with Crippen molar-refractivity contribution in [3.05, 3.63) is 68.5 Å². The van der Waals surface area contributed by atoms with Gasteiger partial charge in [-0.1, -0.05) is 39.8 Å². The molecule has 10 heteroatoms. The molecule has 2 atom stereocenters. The first-order valence-corrected chi connectivity index (χ1v) is 14.8. The largest absolute Gasteiger partial charge is 0.480 e. The summed E-state index contributed by atoms with van der Waals surface area (Å²) in [6.45, 7) is 11.6. The molecule has 0 aliphatic rings. The Balaban J connectivity index is 0.000000422. The van der Waals surface area contributed by atoms with Crippen LogP contribution in [0.1, 0.15) is 70.7 Å². The molecule has 0 amide bonds. The molecular weight excluding hydrogens is 536 g/mol. The number of aromatic nitrogens is 2. The number of carboxylic acid groups (broad SMARTS) is 1. The zero-order valence-corrected chi connectivity index (χ0v) is 27.0. The van der Waals surface area contributed by atoms with Crippen LogP contribution < -0.4 is 11.1 Å². The second-order valence-electron chi connectivity index (χ2n) is 12.0. The molecule has 0 saturated carbocycles. The van der Waals surface area contributed by atoms with E-state index in [2.05, 4.69) is 0 Å². The number of hydrogen-bond donors (Lipinski definition) is 1. The minimum absolute atomic E-state index is 0.0944. The van der Waals surface area contributed by atoms with E-state index >= 15 is 0 Å². The van der Waals surface area contributed by atoms with Gasteiger partial charge in [0, 0.05) is 36.6 Å². The van der Waals surface area contributed by atoms with Crippen molar-refractivity contribution in [3.63, 3.8) is 0 Å². The molecule has 0 aliphatic carbocycles. The Morgan fingerprint density at radius 1 is 0.786 bits per heavy atom. The number of ether oxygens (including phenoxy) is 1. The fourth-order valence-corrected chi connectivity index (χ4v) is 4.46. The summed E-state index contributed by atoms with van der Waals surface area (Å²) >= 11 is 0. The van der Waals surface area contributed by atoms with Crippen molar-refractivity contribution in [3.8, 4) is 0 Å². The molecule has 236 valence electrons. The second-order valence-corrected chi connectivity index (χ2v) is 12.0. The number of carbonyl (C=O) groups excluding carboxylic acids is 1. The molecule has 0 fully saturated rings. The Kier molecular flexibility index (Phi) is 16.1. The van der Waals surface area contributed by atoms with Gasteiger partial charge in [-0.3, -0.25) is 9.59 Å². The molecule has 0 radical (unpaired) electrons. The Morgan fingerprint density at radius 3 is 1.55 bits per heavy atom. The lowest BCUT2D eigenvalue weighted by atomic mass is 10.0. The number of carbonyl (C=O) groups is 2. The van der Waals surface area contributed by atoms with E-state index in [9.17, 15) is 24.3 Å². The monoisotopic (exact) mass is 588 g/mol. The van der Waals surface area contributed by atoms with Crippen LogP contribution in [-0.4, -0.2) is 83.9 Å². The lowest BCUT2D eigenvalue weighted by Gasteiger charge is -2.21. The van der Waals surface area contributed by atoms with Crippen LogP contribution in [0.3, 0.4) is 0 Å². The molecule has 2 aromatic heterocycles. The van der Waals surface area contributed by atoms with Crippen molar-refractivity contribution in [1.82, 2.24) is 18.9 Å². The molecule has 0 aliphatic heterocycles. The van der Waals surface area contributed by atoms with Gasteiger partial charge in [0.05, 0.1) is 6.61 Å². The van der Waals surface area contributed by atoms with Gasteiger partial charge in [0.15, 0.2) is 0 Å². The first kappa shape index (κ1) is 36.8. The average Bonchev–Trinajstić information content (AvgIpc) is 2.89. The van der Waals surface area contributed by atoms with Gasteiger partial charge in [0.2, 0.25) is 0 Å². The van der Waals surface area contributed by atoms with E-state index in [1.165, 1.54) is 9.13 Å². The van der Waals surface area contributed by atoms with Crippen LogP contribution in [0.2, 0.25) is 0 Å². The molecule has 2 unspecified atom stereocenters. The number of hydrogen-bond acceptors (Lipinski definition) is 7. The van der Waals surface area contributed by atoms with Gasteiger partial charge in [0.1, 0.15) is 12.1 Å². The number of aliphatic carboxylic acids is 1. The normalized spacial score (nSPS) is 12.8. The standard InChI is InChI=1S/C17H28N2O3.C15H24N2O3/c1-6-22-17(21)15(12-13(2)3)19-10-7-8-14(16(19)20)9-11-18(4)5;1-11(2)10-13(15(19)20)17-8-5-6-12(14(17)18)7-9-16(3)4/h7-8,10,13,15H,6,9,11-12H2,1-5H3;5-6,8,11,13H,7,9-10H2,1-4H3,(H,19,20). The van der Waals surface area contributed by atoms with E-state index in [4.69, 9.17) is 4.74 Å². The first-order valence-electron chi connectivity index (χ1n) is 14.8. The number of pyridine rings is 2. The zero-order valence-electron chi connectivity index (χ0n) is 27.0. The molecule has 0 saturated heterocycles. The SMILES string of the molecule is CC(C)CC(C(=O)O)n1cccc(CCN(C)C)c1=O.CCOC(=O)C(CC(C)C)n1cccc(CCN(C)C)c1=O. The summed E-state index contributed by atoms with van der Waals surface area (Å²) in [5, 5.41) is 9.34. The minimum Gasteiger partial charge on any atom is -0.480 e. The Hall–Kier alpha value is -3.24. The molecule has 2 rings (SSSR count). The van der Waals surface area contributed by atoms with Gasteiger partial charge in [0.25, 0.3) is 11.1 Å². The quantitative estimate of drug-likeness (QED) is 0.313. The fraction of sp³-hybridized carbons (Fsp3) is 0.625. The lowest BCUT2D eigenvalue weighted by Crippen LogP contribution is -2.34. The third kappa shape index (κ3) is 12.3. The van der Waals surface area contributed by atoms with E-state index in [-0.39, 0.29) is 23.0 Å². The van der Waals surface area contributed by atoms with Crippen LogP contribution in [0.25, 0.3) is 0 Å². The van der Waals surface area contributed by atoms with Crippen LogP contribution in [-0.2, 0) is 27.2 Å². The van der Waals surface area contributed by atoms with E-state index in [1.54, 1.807) is 31.5 Å². The number of nitrogens with zero attached hydrogens (tertiary/aromatic N) is 4. The van der Waals surface area contributed by atoms with Crippen molar-refractivity contribution in [1.29, 1.82) is 0 Å². The molecule has 2 aromatic rings. The lowest BCUT2D eigenvalue weighted by molar-refractivity contribution is -0.147. The summed E-state index contributed by atoms with van der Waals surface area (Å²) in [6, 6.07) is 5.85. The van der Waals surface area contributed by atoms with Gasteiger partial charge in [-0.2, -0.15) is 0 Å². The molecule has 1 N–H and O–H groups in total. The molecular formula is C32H52N4O6. The topological polar surface area (TPSA) is 114 Å². The van der Waals surface area contributed by atoms with Gasteiger partial charge < -0.3 is 28.8 Å². The highest BCUT2D eigenvalue weighted by molar-refractivity contribution is 5.74. The predicted octanol–water partition coefficient (Wildman–Crippen LogP) is 3.73. The maximum Gasteiger partial charge on any atom is 0.329 e. The summed E-state index contributed by atoms with van der Waals surface area (Å²) in [4.78, 5) is 52.7. The Morgan fingerprint density at radius 2 is 1.19 bits per heavy atom. The second kappa shape index (κ2) is 18.3. The number of carboxylic acids is 1. The van der Waals surface area contributed by atoms with Crippen LogP contribution in [0.15, 0.2) is 46.2 Å². The highest BCUT2D eigenvalue weighted by atomic mass is 16.5. The van der Waals surface area contributed by atoms with Crippen molar-refractivity contribution in [2.45, 2.75) is 72.4 Å². The smallest absolute Gasteiger partial charge is 0.329 e. The Labute approximate surface area is 250 Å². The number of likely N-dealkylation sites (N-methyl/N-ethyl adjacent to an activating group) is 2. The van der Waals surface area contributed by atoms with E-state index in [0.717, 1.165) is 18.7 Å². The van der Waals surface area contributed by atoms with E-state index in [0.29, 0.717) is 43.8 Å². The van der Waals surface area contributed by atoms with Gasteiger partial charge in [-0.05, 0) is 84.8 Å². The van der Waals surface area contributed by atoms with Crippen molar-refractivity contribution in [2.24, 2.45) is 11.8 Å². The van der Waals surface area contributed by atoms with Gasteiger partial charge in [-0.25, -0.2) is 9.59 Å². The highest BCUT2D eigenvalue weighted by Crippen LogP contribution is 2.18.